The highest BCUT2D eigenvalue weighted by Crippen LogP contribution is 2.25. The van der Waals surface area contributed by atoms with E-state index in [4.69, 9.17) is 0 Å². The molecule has 0 unspecified atom stereocenters. The van der Waals surface area contributed by atoms with Crippen LogP contribution in [0.3, 0.4) is 0 Å². The van der Waals surface area contributed by atoms with Gasteiger partial charge in [-0.15, -0.1) is 0 Å². The summed E-state index contributed by atoms with van der Waals surface area (Å²) < 4.78 is 0. The van der Waals surface area contributed by atoms with Crippen molar-refractivity contribution < 1.29 is 4.79 Å². The first kappa shape index (κ1) is 17.9. The van der Waals surface area contributed by atoms with Gasteiger partial charge in [-0.1, -0.05) is 72.8 Å². The lowest BCUT2D eigenvalue weighted by Gasteiger charge is -2.22. The van der Waals surface area contributed by atoms with Crippen LogP contribution >= 0.6 is 0 Å². The van der Waals surface area contributed by atoms with Crippen LogP contribution in [0.4, 0.5) is 0 Å². The van der Waals surface area contributed by atoms with Gasteiger partial charge in [-0.05, 0) is 54.2 Å². The molecule has 0 saturated heterocycles. The van der Waals surface area contributed by atoms with Crippen LogP contribution in [-0.4, -0.2) is 5.91 Å². The Morgan fingerprint density at radius 3 is 2.19 bits per heavy atom. The number of benzene rings is 3. The Bertz CT molecular complexity index is 899. The molecule has 0 heterocycles. The van der Waals surface area contributed by atoms with E-state index in [1.54, 1.807) is 0 Å². The molecule has 26 heavy (non-hydrogen) atoms. The monoisotopic (exact) mass is 343 g/mol. The van der Waals surface area contributed by atoms with Crippen molar-refractivity contribution in [2.75, 3.05) is 0 Å². The van der Waals surface area contributed by atoms with E-state index in [1.165, 1.54) is 16.7 Å². The van der Waals surface area contributed by atoms with Crippen molar-refractivity contribution in [2.45, 2.75) is 33.2 Å². The average Bonchev–Trinajstić information content (AvgIpc) is 2.64. The van der Waals surface area contributed by atoms with E-state index in [1.807, 2.05) is 36.4 Å². The van der Waals surface area contributed by atoms with Crippen LogP contribution in [0, 0.1) is 20.8 Å². The molecule has 0 spiro atoms. The van der Waals surface area contributed by atoms with Crippen LogP contribution in [0.1, 0.15) is 39.4 Å². The normalized spacial score (nSPS) is 11.8. The van der Waals surface area contributed by atoms with Gasteiger partial charge in [0.25, 0.3) is 0 Å². The molecule has 1 amide bonds. The van der Waals surface area contributed by atoms with Crippen molar-refractivity contribution >= 4 is 5.91 Å². The maximum Gasteiger partial charge on any atom is 0.225 e. The molecule has 0 radical (unpaired) electrons. The van der Waals surface area contributed by atoms with Gasteiger partial charge >= 0.3 is 0 Å². The third-order valence-electron chi connectivity index (χ3n) is 4.87. The van der Waals surface area contributed by atoms with E-state index in [0.29, 0.717) is 6.42 Å². The fraction of sp³-hybridized carbons (Fsp3) is 0.208. The van der Waals surface area contributed by atoms with Crippen molar-refractivity contribution in [1.82, 2.24) is 5.32 Å². The highest BCUT2D eigenvalue weighted by Gasteiger charge is 2.18. The van der Waals surface area contributed by atoms with Crippen LogP contribution in [0.15, 0.2) is 72.8 Å². The van der Waals surface area contributed by atoms with Crippen LogP contribution in [0.2, 0.25) is 0 Å². The summed E-state index contributed by atoms with van der Waals surface area (Å²) in [6, 6.07) is 24.4. The highest BCUT2D eigenvalue weighted by molar-refractivity contribution is 5.79. The fourth-order valence-electron chi connectivity index (χ4n) is 3.21. The molecule has 1 N–H and O–H groups in total. The van der Waals surface area contributed by atoms with Gasteiger partial charge in [0.15, 0.2) is 0 Å². The SMILES string of the molecule is Cc1ccc(CC(=O)N[C@@H](c2ccccc2)c2ccccc2C)cc1C. The molecule has 0 aromatic heterocycles. The number of nitrogens with one attached hydrogen (secondary N) is 1. The average molecular weight is 343 g/mol. The van der Waals surface area contributed by atoms with Gasteiger partial charge in [0, 0.05) is 0 Å². The molecule has 1 atom stereocenters. The summed E-state index contributed by atoms with van der Waals surface area (Å²) >= 11 is 0. The minimum Gasteiger partial charge on any atom is -0.345 e. The lowest BCUT2D eigenvalue weighted by atomic mass is 9.94. The predicted octanol–water partition coefficient (Wildman–Crippen LogP) is 5.06. The maximum absolute atomic E-state index is 12.8. The van der Waals surface area contributed by atoms with Crippen molar-refractivity contribution in [3.63, 3.8) is 0 Å². The standard InChI is InChI=1S/C24H25NO/c1-17-13-14-20(15-19(17)3)16-23(26)25-24(21-10-5-4-6-11-21)22-12-8-7-9-18(22)2/h4-15,24H,16H2,1-3H3,(H,25,26)/t24-/m0/s1. The van der Waals surface area contributed by atoms with Gasteiger partial charge in [0.1, 0.15) is 0 Å². The van der Waals surface area contributed by atoms with E-state index < -0.39 is 0 Å². The first-order valence-corrected chi connectivity index (χ1v) is 9.00. The molecule has 0 fully saturated rings. The largest absolute Gasteiger partial charge is 0.345 e. The minimum absolute atomic E-state index is 0.0327. The molecule has 0 bridgehead atoms. The number of carbonyl (C=O) groups excluding carboxylic acids is 1. The van der Waals surface area contributed by atoms with Gasteiger partial charge in [0.2, 0.25) is 5.91 Å². The van der Waals surface area contributed by atoms with Crippen molar-refractivity contribution in [1.29, 1.82) is 0 Å². The Kier molecular flexibility index (Phi) is 5.52. The number of amides is 1. The Labute approximate surface area is 155 Å². The summed E-state index contributed by atoms with van der Waals surface area (Å²) in [4.78, 5) is 12.8. The number of hydrogen-bond donors (Lipinski definition) is 1. The predicted molar refractivity (Wildman–Crippen MR) is 107 cm³/mol. The summed E-state index contributed by atoms with van der Waals surface area (Å²) in [5, 5.41) is 3.23. The Hall–Kier alpha value is -2.87. The molecular formula is C24H25NO. The molecule has 3 aromatic rings. The topological polar surface area (TPSA) is 29.1 Å². The second kappa shape index (κ2) is 8.01. The first-order valence-electron chi connectivity index (χ1n) is 9.00. The zero-order chi connectivity index (χ0) is 18.5. The smallest absolute Gasteiger partial charge is 0.225 e. The molecule has 2 nitrogen and oxygen atoms in total. The van der Waals surface area contributed by atoms with Gasteiger partial charge in [-0.2, -0.15) is 0 Å². The first-order chi connectivity index (χ1) is 12.5. The number of hydrogen-bond acceptors (Lipinski definition) is 1. The lowest BCUT2D eigenvalue weighted by Crippen LogP contribution is -2.31. The molecule has 0 aliphatic rings. The van der Waals surface area contributed by atoms with E-state index in [2.05, 4.69) is 62.5 Å². The van der Waals surface area contributed by atoms with Gasteiger partial charge in [-0.3, -0.25) is 4.79 Å². The van der Waals surface area contributed by atoms with Crippen molar-refractivity contribution in [3.8, 4) is 0 Å². The van der Waals surface area contributed by atoms with Gasteiger partial charge < -0.3 is 5.32 Å². The number of rotatable bonds is 5. The van der Waals surface area contributed by atoms with Crippen LogP contribution in [0.5, 0.6) is 0 Å². The third kappa shape index (κ3) is 4.20. The molecular weight excluding hydrogens is 318 g/mol. The Morgan fingerprint density at radius 1 is 0.808 bits per heavy atom. The molecule has 3 rings (SSSR count). The number of aryl methyl sites for hydroxylation is 3. The molecule has 0 saturated carbocycles. The van der Waals surface area contributed by atoms with Crippen LogP contribution < -0.4 is 5.32 Å². The Balaban J connectivity index is 1.85. The zero-order valence-corrected chi connectivity index (χ0v) is 15.6. The number of carbonyl (C=O) groups is 1. The molecule has 0 aliphatic heterocycles. The van der Waals surface area contributed by atoms with Crippen LogP contribution in [0.25, 0.3) is 0 Å². The molecule has 3 aromatic carbocycles. The summed E-state index contributed by atoms with van der Waals surface area (Å²) in [5.74, 6) is 0.0327. The highest BCUT2D eigenvalue weighted by atomic mass is 16.1. The van der Waals surface area contributed by atoms with Gasteiger partial charge in [0.05, 0.1) is 12.5 Å². The van der Waals surface area contributed by atoms with Crippen molar-refractivity contribution in [3.05, 3.63) is 106 Å². The second-order valence-electron chi connectivity index (χ2n) is 6.86. The van der Waals surface area contributed by atoms with E-state index in [-0.39, 0.29) is 11.9 Å². The fourth-order valence-corrected chi connectivity index (χ4v) is 3.21. The quantitative estimate of drug-likeness (QED) is 0.689. The van der Waals surface area contributed by atoms with E-state index in [0.717, 1.165) is 16.7 Å². The second-order valence-corrected chi connectivity index (χ2v) is 6.86. The maximum atomic E-state index is 12.8. The molecule has 132 valence electrons. The summed E-state index contributed by atoms with van der Waals surface area (Å²) in [6.07, 6.45) is 0.385. The summed E-state index contributed by atoms with van der Waals surface area (Å²) in [5.41, 5.74) is 6.91. The van der Waals surface area contributed by atoms with E-state index in [9.17, 15) is 4.79 Å². The van der Waals surface area contributed by atoms with E-state index >= 15 is 0 Å². The summed E-state index contributed by atoms with van der Waals surface area (Å²) in [7, 11) is 0. The Morgan fingerprint density at radius 2 is 1.50 bits per heavy atom. The third-order valence-corrected chi connectivity index (χ3v) is 4.87. The van der Waals surface area contributed by atoms with Crippen molar-refractivity contribution in [2.24, 2.45) is 0 Å². The molecule has 0 aliphatic carbocycles. The summed E-state index contributed by atoms with van der Waals surface area (Å²) in [6.45, 7) is 6.25. The lowest BCUT2D eigenvalue weighted by molar-refractivity contribution is -0.120. The molecule has 2 heteroatoms. The van der Waals surface area contributed by atoms with Crippen LogP contribution in [-0.2, 0) is 11.2 Å². The minimum atomic E-state index is -0.142. The van der Waals surface area contributed by atoms with Gasteiger partial charge in [-0.25, -0.2) is 0 Å². The zero-order valence-electron chi connectivity index (χ0n) is 15.6.